The molecule has 5 heteroatoms. The van der Waals surface area contributed by atoms with Gasteiger partial charge in [-0.2, -0.15) is 0 Å². The second kappa shape index (κ2) is 6.57. The van der Waals surface area contributed by atoms with E-state index < -0.39 is 0 Å². The van der Waals surface area contributed by atoms with Crippen LogP contribution in [-0.2, 0) is 0 Å². The summed E-state index contributed by atoms with van der Waals surface area (Å²) in [4.78, 5) is 21.7. The zero-order valence-corrected chi connectivity index (χ0v) is 13.7. The molecule has 4 rings (SSSR count). The number of nitrogens with zero attached hydrogens (tertiary/aromatic N) is 5. The lowest BCUT2D eigenvalue weighted by atomic mass is 10.0. The summed E-state index contributed by atoms with van der Waals surface area (Å²) in [6.07, 6.45) is 10.0. The standard InChI is InChI=1S/C20H15N5/c1-14-2-4-15(5-3-14)16-10-17(19-12-21-6-8-23-19)25-18(11-16)20-13-22-7-9-24-20/h2-13H,1H3. The zero-order chi connectivity index (χ0) is 17.1. The molecule has 0 spiro atoms. The van der Waals surface area contributed by atoms with E-state index in [-0.39, 0.29) is 0 Å². The molecule has 0 fully saturated rings. The van der Waals surface area contributed by atoms with Crippen LogP contribution in [0.3, 0.4) is 0 Å². The van der Waals surface area contributed by atoms with E-state index in [1.807, 2.05) is 12.1 Å². The molecule has 0 saturated carbocycles. The van der Waals surface area contributed by atoms with Crippen LogP contribution < -0.4 is 0 Å². The van der Waals surface area contributed by atoms with Gasteiger partial charge in [0.1, 0.15) is 11.4 Å². The normalized spacial score (nSPS) is 10.6. The van der Waals surface area contributed by atoms with Gasteiger partial charge in [-0.15, -0.1) is 0 Å². The number of hydrogen-bond donors (Lipinski definition) is 0. The van der Waals surface area contributed by atoms with Crippen molar-refractivity contribution in [2.45, 2.75) is 6.92 Å². The van der Waals surface area contributed by atoms with Gasteiger partial charge in [-0.25, -0.2) is 4.98 Å². The summed E-state index contributed by atoms with van der Waals surface area (Å²) in [5.74, 6) is 0. The maximum atomic E-state index is 4.71. The molecule has 5 nitrogen and oxygen atoms in total. The van der Waals surface area contributed by atoms with E-state index in [0.717, 1.165) is 33.9 Å². The molecule has 3 aromatic heterocycles. The van der Waals surface area contributed by atoms with Crippen LogP contribution in [-0.4, -0.2) is 24.9 Å². The molecule has 120 valence electrons. The van der Waals surface area contributed by atoms with Crippen molar-refractivity contribution in [3.63, 3.8) is 0 Å². The third kappa shape index (κ3) is 3.26. The summed E-state index contributed by atoms with van der Waals surface area (Å²) in [5, 5.41) is 0. The molecule has 0 N–H and O–H groups in total. The summed E-state index contributed by atoms with van der Waals surface area (Å²) >= 11 is 0. The third-order valence-corrected chi connectivity index (χ3v) is 3.86. The van der Waals surface area contributed by atoms with Gasteiger partial charge in [0.25, 0.3) is 0 Å². The highest BCUT2D eigenvalue weighted by Crippen LogP contribution is 2.28. The first-order valence-electron chi connectivity index (χ1n) is 7.91. The summed E-state index contributed by atoms with van der Waals surface area (Å²) in [6, 6.07) is 12.4. The van der Waals surface area contributed by atoms with Crippen LogP contribution in [0.15, 0.2) is 73.6 Å². The fourth-order valence-electron chi connectivity index (χ4n) is 2.57. The molecule has 0 bridgehead atoms. The van der Waals surface area contributed by atoms with Crippen LogP contribution in [0.4, 0.5) is 0 Å². The van der Waals surface area contributed by atoms with E-state index in [1.54, 1.807) is 37.2 Å². The lowest BCUT2D eigenvalue weighted by molar-refractivity contribution is 1.15. The molecule has 0 aliphatic carbocycles. The van der Waals surface area contributed by atoms with Gasteiger partial charge in [-0.3, -0.25) is 19.9 Å². The van der Waals surface area contributed by atoms with Crippen molar-refractivity contribution in [1.82, 2.24) is 24.9 Å². The van der Waals surface area contributed by atoms with Crippen molar-refractivity contribution in [2.75, 3.05) is 0 Å². The van der Waals surface area contributed by atoms with Gasteiger partial charge in [0, 0.05) is 24.8 Å². The van der Waals surface area contributed by atoms with Crippen LogP contribution in [0.2, 0.25) is 0 Å². The predicted octanol–water partition coefficient (Wildman–Crippen LogP) is 3.97. The smallest absolute Gasteiger partial charge is 0.107 e. The molecule has 3 heterocycles. The minimum atomic E-state index is 0.724. The summed E-state index contributed by atoms with van der Waals surface area (Å²) in [6.45, 7) is 2.08. The second-order valence-corrected chi connectivity index (χ2v) is 5.67. The summed E-state index contributed by atoms with van der Waals surface area (Å²) in [5.41, 5.74) is 6.35. The summed E-state index contributed by atoms with van der Waals surface area (Å²) in [7, 11) is 0. The molecule has 0 amide bonds. The maximum absolute atomic E-state index is 4.71. The van der Waals surface area contributed by atoms with Crippen LogP contribution >= 0.6 is 0 Å². The highest BCUT2D eigenvalue weighted by atomic mass is 14.8. The van der Waals surface area contributed by atoms with Crippen molar-refractivity contribution in [2.24, 2.45) is 0 Å². The highest BCUT2D eigenvalue weighted by Gasteiger charge is 2.10. The number of hydrogen-bond acceptors (Lipinski definition) is 5. The molecular weight excluding hydrogens is 310 g/mol. The number of pyridine rings is 1. The number of aryl methyl sites for hydroxylation is 1. The van der Waals surface area contributed by atoms with Crippen LogP contribution in [0.25, 0.3) is 33.9 Å². The van der Waals surface area contributed by atoms with Gasteiger partial charge >= 0.3 is 0 Å². The van der Waals surface area contributed by atoms with Crippen molar-refractivity contribution < 1.29 is 0 Å². The Labute approximate surface area is 145 Å². The molecule has 1 aromatic carbocycles. The van der Waals surface area contributed by atoms with E-state index in [1.165, 1.54) is 5.56 Å². The molecular formula is C20H15N5. The first kappa shape index (κ1) is 15.1. The van der Waals surface area contributed by atoms with E-state index in [2.05, 4.69) is 51.1 Å². The van der Waals surface area contributed by atoms with Gasteiger partial charge in [-0.1, -0.05) is 29.8 Å². The Hall–Kier alpha value is -3.47. The van der Waals surface area contributed by atoms with Crippen molar-refractivity contribution >= 4 is 0 Å². The molecule has 0 radical (unpaired) electrons. The largest absolute Gasteiger partial charge is 0.261 e. The Morgan fingerprint density at radius 2 is 1.16 bits per heavy atom. The Kier molecular flexibility index (Phi) is 3.96. The molecule has 0 aliphatic heterocycles. The lowest BCUT2D eigenvalue weighted by Crippen LogP contribution is -1.95. The number of rotatable bonds is 3. The van der Waals surface area contributed by atoms with Gasteiger partial charge in [0.15, 0.2) is 0 Å². The fourth-order valence-corrected chi connectivity index (χ4v) is 2.57. The average Bonchev–Trinajstić information content (AvgIpc) is 2.69. The zero-order valence-electron chi connectivity index (χ0n) is 13.7. The quantitative estimate of drug-likeness (QED) is 0.570. The molecule has 0 atom stereocenters. The van der Waals surface area contributed by atoms with Gasteiger partial charge < -0.3 is 0 Å². The van der Waals surface area contributed by atoms with Crippen molar-refractivity contribution in [3.05, 3.63) is 79.1 Å². The molecule has 0 unspecified atom stereocenters. The molecule has 0 saturated heterocycles. The van der Waals surface area contributed by atoms with Crippen LogP contribution in [0, 0.1) is 6.92 Å². The Bertz CT molecular complexity index is 926. The van der Waals surface area contributed by atoms with Crippen molar-refractivity contribution in [3.8, 4) is 33.9 Å². The number of aromatic nitrogens is 5. The lowest BCUT2D eigenvalue weighted by Gasteiger charge is -2.09. The van der Waals surface area contributed by atoms with E-state index in [9.17, 15) is 0 Å². The van der Waals surface area contributed by atoms with Crippen LogP contribution in [0.5, 0.6) is 0 Å². The number of benzene rings is 1. The minimum absolute atomic E-state index is 0.724. The predicted molar refractivity (Wildman–Crippen MR) is 96.5 cm³/mol. The SMILES string of the molecule is Cc1ccc(-c2cc(-c3cnccn3)nc(-c3cnccn3)c2)cc1. The third-order valence-electron chi connectivity index (χ3n) is 3.86. The first-order valence-corrected chi connectivity index (χ1v) is 7.91. The summed E-state index contributed by atoms with van der Waals surface area (Å²) < 4.78 is 0. The average molecular weight is 325 g/mol. The van der Waals surface area contributed by atoms with E-state index in [4.69, 9.17) is 4.98 Å². The molecule has 0 aliphatic rings. The Morgan fingerprint density at radius 3 is 1.64 bits per heavy atom. The molecule has 4 aromatic rings. The minimum Gasteiger partial charge on any atom is -0.261 e. The van der Waals surface area contributed by atoms with E-state index in [0.29, 0.717) is 0 Å². The van der Waals surface area contributed by atoms with Gasteiger partial charge in [0.2, 0.25) is 0 Å². The first-order chi connectivity index (χ1) is 12.3. The topological polar surface area (TPSA) is 64.5 Å². The maximum Gasteiger partial charge on any atom is 0.107 e. The van der Waals surface area contributed by atoms with Crippen LogP contribution in [0.1, 0.15) is 5.56 Å². The Morgan fingerprint density at radius 1 is 0.600 bits per heavy atom. The van der Waals surface area contributed by atoms with Crippen molar-refractivity contribution in [1.29, 1.82) is 0 Å². The Balaban J connectivity index is 1.90. The fraction of sp³-hybridized carbons (Fsp3) is 0.0500. The monoisotopic (exact) mass is 325 g/mol. The van der Waals surface area contributed by atoms with Gasteiger partial charge in [-0.05, 0) is 30.2 Å². The highest BCUT2D eigenvalue weighted by molar-refractivity contribution is 5.74. The van der Waals surface area contributed by atoms with Gasteiger partial charge in [0.05, 0.1) is 23.8 Å². The van der Waals surface area contributed by atoms with E-state index >= 15 is 0 Å². The second-order valence-electron chi connectivity index (χ2n) is 5.67. The molecule has 25 heavy (non-hydrogen) atoms.